The van der Waals surface area contributed by atoms with Gasteiger partial charge in [-0.3, -0.25) is 14.8 Å². The van der Waals surface area contributed by atoms with Crippen LogP contribution in [0.1, 0.15) is 217 Å². The highest BCUT2D eigenvalue weighted by Gasteiger charge is 2.53. The zero-order chi connectivity index (χ0) is 77.3. The van der Waals surface area contributed by atoms with E-state index >= 15 is 0 Å². The van der Waals surface area contributed by atoms with Crippen LogP contribution < -0.4 is 5.32 Å². The van der Waals surface area contributed by atoms with Crippen molar-refractivity contribution in [1.29, 1.82) is 21.0 Å². The first-order valence-electron chi connectivity index (χ1n) is 37.4. The minimum Gasteiger partial charge on any atom is -0.478 e. The van der Waals surface area contributed by atoms with Crippen molar-refractivity contribution < 1.29 is 41.8 Å². The number of piperidine rings is 3. The van der Waals surface area contributed by atoms with E-state index in [1.165, 1.54) is 118 Å². The molecule has 16 rings (SSSR count). The number of nitrogens with one attached hydrogen (secondary N) is 1. The lowest BCUT2D eigenvalue weighted by Gasteiger charge is -2.43. The predicted molar refractivity (Wildman–Crippen MR) is 446 cm³/mol. The van der Waals surface area contributed by atoms with Gasteiger partial charge in [0.2, 0.25) is 0 Å². The molecule has 8 aliphatic rings. The Labute approximate surface area is 687 Å². The largest absolute Gasteiger partial charge is 0.478 e. The first-order chi connectivity index (χ1) is 52.5. The Morgan fingerprint density at radius 1 is 0.487 bits per heavy atom. The number of aromatic carboxylic acids is 1. The van der Waals surface area contributed by atoms with Crippen LogP contribution in [0.3, 0.4) is 0 Å². The van der Waals surface area contributed by atoms with Gasteiger partial charge in [0.05, 0.1) is 63.0 Å². The second-order valence-electron chi connectivity index (χ2n) is 31.2. The highest BCUT2D eigenvalue weighted by Crippen LogP contribution is 2.50. The molecule has 8 fully saturated rings. The van der Waals surface area contributed by atoms with E-state index in [2.05, 4.69) is 75.4 Å². The molecular weight excluding hydrogens is 1520 g/mol. The van der Waals surface area contributed by atoms with Gasteiger partial charge >= 0.3 is 12.1 Å². The Hall–Kier alpha value is -10.3. The number of fused-ring (bicyclic) bond motifs is 8. The zero-order valence-electron chi connectivity index (χ0n) is 61.5. The molecule has 0 radical (unpaired) electrons. The minimum absolute atomic E-state index is 0. The standard InChI is InChI=1S/C25H22FN5O.C20H25FN2O2.C15H17FN2.C10H7N3O2.C9H13N.C7H6BrF.6CH4/c26-18-5-3-17(4-6-18)12-25(15-27)13-19-7-8-20(14-25)31(19)24(32)21-2-1-10-29-23(21)22-9-11-28-16-30-22;1-19(2,3)25-18(24)23-16-8-9-17(23)12-20(11-16,13-22)10-14-4-6-15(21)7-5-14;16-12-3-1-11(2-4-12)7-15(10-17)8-13-5-6-14(9-15)18-13;14-10(15)7-2-1-4-12-9(7)8-3-5-11-6-13-8;10-6-9-4-7-1-2-8(3-7)5-9;8-5-6-1-3-7(9)4-2-6;;;;;;/h1-6,9-11,16,19-20H,7-8,12-14H2;4-7,16-17H,8-12H2,1-3H3;1-4,13-14,18H,5-9H2;1-6H,(H,14,15);7-9H,1-5H2;1-4H,5H2;6*1H4/t19-,20+,25?;16-,17+,20?;13-,14+,15?;;;;;;;;;. The fourth-order valence-electron chi connectivity index (χ4n) is 17.4. The lowest BCUT2D eigenvalue weighted by molar-refractivity contribution is -0.00419. The van der Waals surface area contributed by atoms with Crippen molar-refractivity contribution in [3.8, 4) is 47.1 Å². The Morgan fingerprint density at radius 2 is 0.852 bits per heavy atom. The molecule has 2 saturated carbocycles. The highest BCUT2D eigenvalue weighted by molar-refractivity contribution is 9.08. The number of ether oxygens (including phenoxy) is 1. The van der Waals surface area contributed by atoms with Crippen LogP contribution in [0.4, 0.5) is 22.4 Å². The van der Waals surface area contributed by atoms with Gasteiger partial charge in [0.25, 0.3) is 5.91 Å². The minimum atomic E-state index is -1.02. The molecule has 4 aromatic carbocycles. The number of carboxylic acid groups (broad SMARTS) is 1. The van der Waals surface area contributed by atoms with E-state index in [9.17, 15) is 47.7 Å². The molecule has 0 spiro atoms. The number of nitriles is 4. The third-order valence-electron chi connectivity index (χ3n) is 22.1. The van der Waals surface area contributed by atoms with E-state index in [4.69, 9.17) is 15.1 Å². The number of amides is 2. The maximum atomic E-state index is 13.7. The van der Waals surface area contributed by atoms with Crippen molar-refractivity contribution in [2.24, 2.45) is 34.0 Å². The number of hydrogen-bond donors (Lipinski definition) is 2. The number of carbonyl (C=O) groups is 3. The van der Waals surface area contributed by atoms with Crippen LogP contribution >= 0.6 is 15.9 Å². The second kappa shape index (κ2) is 43.4. The van der Waals surface area contributed by atoms with Crippen molar-refractivity contribution >= 4 is 33.9 Å². The molecule has 4 aromatic heterocycles. The molecule has 2 N–H and O–H groups in total. The molecule has 18 nitrogen and oxygen atoms in total. The summed E-state index contributed by atoms with van der Waals surface area (Å²) < 4.78 is 57.1. The molecule has 5 unspecified atom stereocenters. The summed E-state index contributed by atoms with van der Waals surface area (Å²) in [6, 6.07) is 46.8. The lowest BCUT2D eigenvalue weighted by Crippen LogP contribution is -2.52. The average molecular weight is 1640 g/mol. The van der Waals surface area contributed by atoms with Crippen molar-refractivity contribution in [2.45, 2.75) is 241 Å². The maximum Gasteiger partial charge on any atom is 0.410 e. The van der Waals surface area contributed by atoms with Gasteiger partial charge in [0.15, 0.2) is 0 Å². The number of aromatic nitrogens is 6. The van der Waals surface area contributed by atoms with Gasteiger partial charge in [-0.15, -0.1) is 0 Å². The second-order valence-corrected chi connectivity index (χ2v) is 31.8. The number of carboxylic acids is 1. The predicted octanol–water partition coefficient (Wildman–Crippen LogP) is 21.5. The van der Waals surface area contributed by atoms with Crippen LogP contribution in [0.25, 0.3) is 22.8 Å². The summed E-state index contributed by atoms with van der Waals surface area (Å²) >= 11 is 3.26. The smallest absolute Gasteiger partial charge is 0.410 e. The third kappa shape index (κ3) is 25.1. The Morgan fingerprint density at radius 3 is 1.20 bits per heavy atom. The van der Waals surface area contributed by atoms with E-state index in [1.54, 1.807) is 97.5 Å². The number of halogens is 5. The summed E-state index contributed by atoms with van der Waals surface area (Å²) in [5.41, 5.74) is 4.92. The quantitative estimate of drug-likeness (QED) is 0.0899. The van der Waals surface area contributed by atoms with Crippen LogP contribution in [0.5, 0.6) is 0 Å². The van der Waals surface area contributed by atoms with Crippen LogP contribution in [0.15, 0.2) is 171 Å². The first-order valence-corrected chi connectivity index (χ1v) is 38.5. The first kappa shape index (κ1) is 95.3. The van der Waals surface area contributed by atoms with Crippen molar-refractivity contribution in [3.63, 3.8) is 0 Å². The molecule has 115 heavy (non-hydrogen) atoms. The van der Waals surface area contributed by atoms with Crippen LogP contribution in [-0.2, 0) is 29.3 Å². The van der Waals surface area contributed by atoms with Crippen molar-refractivity contribution in [3.05, 3.63) is 228 Å². The maximum absolute atomic E-state index is 13.7. The molecule has 10 heterocycles. The Bertz CT molecular complexity index is 4520. The number of benzene rings is 4. The van der Waals surface area contributed by atoms with E-state index in [1.807, 2.05) is 30.6 Å². The summed E-state index contributed by atoms with van der Waals surface area (Å²) in [4.78, 5) is 65.3. The molecule has 2 aliphatic carbocycles. The van der Waals surface area contributed by atoms with E-state index in [0.29, 0.717) is 84.9 Å². The third-order valence-corrected chi connectivity index (χ3v) is 22.8. The monoisotopic (exact) mass is 1640 g/mol. The van der Waals surface area contributed by atoms with Crippen LogP contribution in [0.2, 0.25) is 0 Å². The molecule has 2 amide bonds. The van der Waals surface area contributed by atoms with Crippen molar-refractivity contribution in [1.82, 2.24) is 45.0 Å². The van der Waals surface area contributed by atoms with Crippen LogP contribution in [-0.4, -0.2) is 105 Å². The number of nitrogens with zero attached hydrogens (tertiary/aromatic N) is 12. The molecular formula is C92H114BrF4N13O5. The average Bonchev–Trinajstić information content (AvgIpc) is 1.54. The molecule has 11 atom stereocenters. The van der Waals surface area contributed by atoms with E-state index in [0.717, 1.165) is 84.4 Å². The number of carbonyl (C=O) groups excluding carboxylic acids is 2. The summed E-state index contributed by atoms with van der Waals surface area (Å²) in [7, 11) is 0. The number of pyridine rings is 2. The van der Waals surface area contributed by atoms with Gasteiger partial charge in [0.1, 0.15) is 52.9 Å². The van der Waals surface area contributed by atoms with Gasteiger partial charge in [-0.25, -0.2) is 47.1 Å². The lowest BCUT2D eigenvalue weighted by atomic mass is 9.72. The summed E-state index contributed by atoms with van der Waals surface area (Å²) in [6.45, 7) is 5.60. The highest BCUT2D eigenvalue weighted by atomic mass is 79.9. The van der Waals surface area contributed by atoms with Gasteiger partial charge in [0, 0.05) is 72.3 Å². The van der Waals surface area contributed by atoms with Gasteiger partial charge in [-0.1, -0.05) is 122 Å². The molecule has 612 valence electrons. The summed E-state index contributed by atoms with van der Waals surface area (Å²) in [5.74, 6) is 0.225. The van der Waals surface area contributed by atoms with Gasteiger partial charge in [-0.2, -0.15) is 21.0 Å². The Kier molecular flexibility index (Phi) is 36.0. The van der Waals surface area contributed by atoms with Crippen molar-refractivity contribution in [2.75, 3.05) is 0 Å². The van der Waals surface area contributed by atoms with E-state index in [-0.39, 0.29) is 115 Å². The number of alkyl halides is 1. The van der Waals surface area contributed by atoms with Gasteiger partial charge in [-0.05, 0) is 255 Å². The molecule has 23 heteroatoms. The van der Waals surface area contributed by atoms with Crippen LogP contribution in [0, 0.1) is 103 Å². The normalized spacial score (nSPS) is 24.2. The van der Waals surface area contributed by atoms with E-state index < -0.39 is 22.4 Å². The SMILES string of the molecule is C.C.C.C.C.C.CC(C)(C)OC(=O)N1[C@@H]2CC[C@H]1CC(C#N)(Cc1ccc(F)cc1)C2.Fc1ccc(CBr)cc1.N#CC1(Cc2ccc(F)cc2)C[C@H]2CC[C@@H](C1)N2.N#CC1(Cc2ccc(F)cc2)C[C@H]2CC[C@@H](C1)N2C(=O)c1cccnc1-c1ccncn1.N#CC1CC2CCC(C1)C2.O=C(O)c1cccnc1-c1ccncn1. The summed E-state index contributed by atoms with van der Waals surface area (Å²) in [6.07, 6.45) is 27.8. The topological polar surface area (TPSA) is 272 Å². The number of hydrogen-bond acceptors (Lipinski definition) is 15. The zero-order valence-corrected chi connectivity index (χ0v) is 63.1. The molecule has 6 aliphatic heterocycles. The summed E-state index contributed by atoms with van der Waals surface area (Å²) in [5, 5.41) is 51.5. The fraction of sp³-hybridized carbons (Fsp3) is 0.467. The molecule has 8 aromatic rings. The molecule has 8 bridgehead atoms. The Balaban J connectivity index is 0.000000256. The molecule has 6 saturated heterocycles. The van der Waals surface area contributed by atoms with Gasteiger partial charge < -0.3 is 25.0 Å². The number of rotatable bonds is 11. The fourth-order valence-corrected chi connectivity index (χ4v) is 17.8.